The van der Waals surface area contributed by atoms with E-state index in [-0.39, 0.29) is 5.91 Å². The standard InChI is InChI=1S/C11H13NO.C2H6/c1-8-3-4-10-5-6-12(9(2)13)11(10)7-8;1-2/h3-4,7H,5-6H2,1-2H3;1-2H3. The van der Waals surface area contributed by atoms with E-state index in [1.165, 1.54) is 11.1 Å². The molecule has 0 bridgehead atoms. The molecule has 1 aliphatic rings. The predicted octanol–water partition coefficient (Wildman–Crippen LogP) is 2.93. The number of amides is 1. The van der Waals surface area contributed by atoms with E-state index in [1.54, 1.807) is 6.92 Å². The van der Waals surface area contributed by atoms with Gasteiger partial charge in [-0.25, -0.2) is 0 Å². The summed E-state index contributed by atoms with van der Waals surface area (Å²) in [4.78, 5) is 13.1. The Hall–Kier alpha value is -1.31. The number of rotatable bonds is 0. The first-order chi connectivity index (χ1) is 7.18. The van der Waals surface area contributed by atoms with Crippen LogP contribution in [0.1, 0.15) is 31.9 Å². The monoisotopic (exact) mass is 205 g/mol. The summed E-state index contributed by atoms with van der Waals surface area (Å²) in [7, 11) is 0. The first kappa shape index (κ1) is 11.8. The predicted molar refractivity (Wildman–Crippen MR) is 64.3 cm³/mol. The van der Waals surface area contributed by atoms with Crippen molar-refractivity contribution in [3.05, 3.63) is 29.3 Å². The number of anilines is 1. The van der Waals surface area contributed by atoms with E-state index >= 15 is 0 Å². The number of carbonyl (C=O) groups is 1. The van der Waals surface area contributed by atoms with E-state index < -0.39 is 0 Å². The molecule has 0 saturated carbocycles. The summed E-state index contributed by atoms with van der Waals surface area (Å²) < 4.78 is 0. The van der Waals surface area contributed by atoms with Gasteiger partial charge in [0.15, 0.2) is 0 Å². The van der Waals surface area contributed by atoms with Crippen molar-refractivity contribution in [2.45, 2.75) is 34.1 Å². The van der Waals surface area contributed by atoms with Crippen LogP contribution in [0, 0.1) is 6.92 Å². The third kappa shape index (κ3) is 2.38. The van der Waals surface area contributed by atoms with Gasteiger partial charge in [-0.3, -0.25) is 4.79 Å². The topological polar surface area (TPSA) is 20.3 Å². The summed E-state index contributed by atoms with van der Waals surface area (Å²) in [6, 6.07) is 6.31. The van der Waals surface area contributed by atoms with Crippen LogP contribution in [-0.2, 0) is 11.2 Å². The molecule has 0 atom stereocenters. The van der Waals surface area contributed by atoms with Gasteiger partial charge < -0.3 is 4.90 Å². The van der Waals surface area contributed by atoms with Gasteiger partial charge in [0.2, 0.25) is 5.91 Å². The summed E-state index contributed by atoms with van der Waals surface area (Å²) in [6.45, 7) is 8.52. The highest BCUT2D eigenvalue weighted by Crippen LogP contribution is 2.28. The summed E-state index contributed by atoms with van der Waals surface area (Å²) in [5, 5.41) is 0. The molecule has 1 aromatic carbocycles. The number of fused-ring (bicyclic) bond motifs is 1. The van der Waals surface area contributed by atoms with E-state index in [0.717, 1.165) is 18.7 Å². The fourth-order valence-corrected chi connectivity index (χ4v) is 1.82. The lowest BCUT2D eigenvalue weighted by Gasteiger charge is -2.14. The molecule has 0 spiro atoms. The molecule has 1 heterocycles. The Morgan fingerprint density at radius 3 is 2.60 bits per heavy atom. The molecule has 1 aromatic rings. The summed E-state index contributed by atoms with van der Waals surface area (Å²) in [5.74, 6) is 0.143. The van der Waals surface area contributed by atoms with Crippen LogP contribution in [0.25, 0.3) is 0 Å². The molecule has 0 fully saturated rings. The molecule has 82 valence electrons. The Morgan fingerprint density at radius 1 is 1.33 bits per heavy atom. The van der Waals surface area contributed by atoms with Gasteiger partial charge in [0, 0.05) is 19.2 Å². The average Bonchev–Trinajstić information content (AvgIpc) is 2.63. The molecule has 0 N–H and O–H groups in total. The van der Waals surface area contributed by atoms with Crippen LogP contribution < -0.4 is 4.90 Å². The maximum atomic E-state index is 11.2. The Bertz CT molecular complexity index is 358. The molecule has 2 rings (SSSR count). The zero-order valence-corrected chi connectivity index (χ0v) is 10.0. The molecular weight excluding hydrogens is 186 g/mol. The van der Waals surface area contributed by atoms with Gasteiger partial charge in [0.25, 0.3) is 0 Å². The second kappa shape index (κ2) is 4.96. The Labute approximate surface area is 91.9 Å². The number of benzene rings is 1. The van der Waals surface area contributed by atoms with Crippen LogP contribution in [0.2, 0.25) is 0 Å². The van der Waals surface area contributed by atoms with E-state index in [4.69, 9.17) is 0 Å². The second-order valence-corrected chi connectivity index (χ2v) is 3.55. The van der Waals surface area contributed by atoms with Crippen molar-refractivity contribution in [1.29, 1.82) is 0 Å². The van der Waals surface area contributed by atoms with Crippen molar-refractivity contribution in [3.8, 4) is 0 Å². The third-order valence-corrected chi connectivity index (χ3v) is 2.52. The quantitative estimate of drug-likeness (QED) is 0.637. The van der Waals surface area contributed by atoms with Crippen LogP contribution >= 0.6 is 0 Å². The lowest BCUT2D eigenvalue weighted by atomic mass is 10.1. The van der Waals surface area contributed by atoms with Gasteiger partial charge in [0.05, 0.1) is 0 Å². The first-order valence-electron chi connectivity index (χ1n) is 5.56. The van der Waals surface area contributed by atoms with E-state index in [2.05, 4.69) is 25.1 Å². The highest BCUT2D eigenvalue weighted by Gasteiger charge is 2.21. The average molecular weight is 205 g/mol. The zero-order chi connectivity index (χ0) is 11.4. The van der Waals surface area contributed by atoms with Crippen molar-refractivity contribution in [1.82, 2.24) is 0 Å². The minimum atomic E-state index is 0.143. The largest absolute Gasteiger partial charge is 0.312 e. The molecule has 15 heavy (non-hydrogen) atoms. The highest BCUT2D eigenvalue weighted by molar-refractivity contribution is 5.93. The normalized spacial score (nSPS) is 12.9. The molecule has 0 saturated heterocycles. The van der Waals surface area contributed by atoms with Crippen LogP contribution in [0.4, 0.5) is 5.69 Å². The smallest absolute Gasteiger partial charge is 0.223 e. The summed E-state index contributed by atoms with van der Waals surface area (Å²) in [5.41, 5.74) is 3.61. The van der Waals surface area contributed by atoms with Crippen molar-refractivity contribution >= 4 is 11.6 Å². The molecule has 0 unspecified atom stereocenters. The number of nitrogens with zero attached hydrogens (tertiary/aromatic N) is 1. The van der Waals surface area contributed by atoms with E-state index in [1.807, 2.05) is 18.7 Å². The summed E-state index contributed by atoms with van der Waals surface area (Å²) >= 11 is 0. The minimum absolute atomic E-state index is 0.143. The van der Waals surface area contributed by atoms with Crippen LogP contribution in [0.15, 0.2) is 18.2 Å². The molecule has 2 nitrogen and oxygen atoms in total. The number of hydrogen-bond donors (Lipinski definition) is 0. The van der Waals surface area contributed by atoms with E-state index in [9.17, 15) is 4.79 Å². The lowest BCUT2D eigenvalue weighted by molar-refractivity contribution is -0.116. The molecule has 1 amide bonds. The third-order valence-electron chi connectivity index (χ3n) is 2.52. The van der Waals surface area contributed by atoms with Gasteiger partial charge in [-0.05, 0) is 30.5 Å². The Kier molecular flexibility index (Phi) is 3.89. The summed E-state index contributed by atoms with van der Waals surface area (Å²) in [6.07, 6.45) is 0.995. The van der Waals surface area contributed by atoms with Crippen molar-refractivity contribution in [2.75, 3.05) is 11.4 Å². The van der Waals surface area contributed by atoms with E-state index in [0.29, 0.717) is 0 Å². The number of carbonyl (C=O) groups excluding carboxylic acids is 1. The lowest BCUT2D eigenvalue weighted by Crippen LogP contribution is -2.25. The minimum Gasteiger partial charge on any atom is -0.312 e. The zero-order valence-electron chi connectivity index (χ0n) is 10.0. The van der Waals surface area contributed by atoms with Crippen molar-refractivity contribution in [3.63, 3.8) is 0 Å². The van der Waals surface area contributed by atoms with Gasteiger partial charge in [0.1, 0.15) is 0 Å². The second-order valence-electron chi connectivity index (χ2n) is 3.55. The Balaban J connectivity index is 0.000000531. The maximum absolute atomic E-state index is 11.2. The highest BCUT2D eigenvalue weighted by atomic mass is 16.2. The number of hydrogen-bond acceptors (Lipinski definition) is 1. The van der Waals surface area contributed by atoms with Crippen LogP contribution in [0.3, 0.4) is 0 Å². The van der Waals surface area contributed by atoms with Gasteiger partial charge in [-0.1, -0.05) is 26.0 Å². The van der Waals surface area contributed by atoms with Gasteiger partial charge >= 0.3 is 0 Å². The molecule has 0 aromatic heterocycles. The fraction of sp³-hybridized carbons (Fsp3) is 0.462. The molecule has 1 aliphatic heterocycles. The molecule has 0 aliphatic carbocycles. The van der Waals surface area contributed by atoms with Crippen molar-refractivity contribution < 1.29 is 4.79 Å². The van der Waals surface area contributed by atoms with Crippen LogP contribution in [-0.4, -0.2) is 12.5 Å². The van der Waals surface area contributed by atoms with Crippen molar-refractivity contribution in [2.24, 2.45) is 0 Å². The SMILES string of the molecule is CC.CC(=O)N1CCc2ccc(C)cc21. The fourth-order valence-electron chi connectivity index (χ4n) is 1.82. The van der Waals surface area contributed by atoms with Gasteiger partial charge in [-0.2, -0.15) is 0 Å². The van der Waals surface area contributed by atoms with Gasteiger partial charge in [-0.15, -0.1) is 0 Å². The van der Waals surface area contributed by atoms with Crippen LogP contribution in [0.5, 0.6) is 0 Å². The molecular formula is C13H19NO. The molecule has 0 radical (unpaired) electrons. The first-order valence-corrected chi connectivity index (χ1v) is 5.56. The number of aryl methyl sites for hydroxylation is 1. The Morgan fingerprint density at radius 2 is 2.00 bits per heavy atom. The maximum Gasteiger partial charge on any atom is 0.223 e. The molecule has 2 heteroatoms.